The van der Waals surface area contributed by atoms with Crippen molar-refractivity contribution in [2.75, 3.05) is 18.8 Å². The molecule has 7 nitrogen and oxygen atoms in total. The van der Waals surface area contributed by atoms with Crippen molar-refractivity contribution in [2.45, 2.75) is 25.0 Å². The normalized spacial score (nSPS) is 16.9. The highest BCUT2D eigenvalue weighted by Crippen LogP contribution is 2.28. The van der Waals surface area contributed by atoms with E-state index in [1.165, 1.54) is 4.31 Å². The van der Waals surface area contributed by atoms with Crippen LogP contribution in [0.1, 0.15) is 24.4 Å². The van der Waals surface area contributed by atoms with Crippen molar-refractivity contribution >= 4 is 32.0 Å². The molecule has 29 heavy (non-hydrogen) atoms. The molecule has 1 unspecified atom stereocenters. The fourth-order valence-corrected chi connectivity index (χ4v) is 5.37. The number of nitrogens with one attached hydrogen (secondary N) is 1. The zero-order valence-electron chi connectivity index (χ0n) is 15.7. The van der Waals surface area contributed by atoms with Crippen LogP contribution in [0.15, 0.2) is 59.1 Å². The SMILES string of the molecule is O=C(O)NC(CS(=O)(=O)N1CCC(Oc2ccccc2Br)CC1)c1ccccc1. The van der Waals surface area contributed by atoms with Crippen LogP contribution in [-0.2, 0) is 10.0 Å². The highest BCUT2D eigenvalue weighted by atomic mass is 79.9. The number of nitrogens with zero attached hydrogens (tertiary/aromatic N) is 1. The molecule has 3 rings (SSSR count). The molecule has 1 heterocycles. The number of halogens is 1. The van der Waals surface area contributed by atoms with Crippen molar-refractivity contribution in [2.24, 2.45) is 0 Å². The molecule has 1 aliphatic heterocycles. The number of carboxylic acid groups (broad SMARTS) is 1. The lowest BCUT2D eigenvalue weighted by Gasteiger charge is -2.32. The van der Waals surface area contributed by atoms with Crippen molar-refractivity contribution in [3.8, 4) is 5.75 Å². The van der Waals surface area contributed by atoms with E-state index in [0.29, 0.717) is 31.5 Å². The summed E-state index contributed by atoms with van der Waals surface area (Å²) in [7, 11) is -3.64. The van der Waals surface area contributed by atoms with Gasteiger partial charge in [0.25, 0.3) is 0 Å². The van der Waals surface area contributed by atoms with Crippen LogP contribution in [0.3, 0.4) is 0 Å². The van der Waals surface area contributed by atoms with E-state index >= 15 is 0 Å². The van der Waals surface area contributed by atoms with E-state index in [0.717, 1.165) is 10.2 Å². The number of para-hydroxylation sites is 1. The lowest BCUT2D eigenvalue weighted by Crippen LogP contribution is -2.45. The fourth-order valence-electron chi connectivity index (χ4n) is 3.32. The lowest BCUT2D eigenvalue weighted by atomic mass is 10.1. The van der Waals surface area contributed by atoms with E-state index in [2.05, 4.69) is 21.2 Å². The smallest absolute Gasteiger partial charge is 0.405 e. The second-order valence-corrected chi connectivity index (χ2v) is 9.71. The monoisotopic (exact) mass is 482 g/mol. The van der Waals surface area contributed by atoms with Crippen LogP contribution in [-0.4, -0.2) is 48.9 Å². The van der Waals surface area contributed by atoms with E-state index in [1.807, 2.05) is 24.3 Å². The van der Waals surface area contributed by atoms with Gasteiger partial charge >= 0.3 is 6.09 Å². The number of amides is 1. The van der Waals surface area contributed by atoms with Gasteiger partial charge in [0.15, 0.2) is 0 Å². The van der Waals surface area contributed by atoms with Crippen LogP contribution in [0.25, 0.3) is 0 Å². The third-order valence-electron chi connectivity index (χ3n) is 4.80. The molecule has 0 saturated carbocycles. The van der Waals surface area contributed by atoms with Gasteiger partial charge in [-0.15, -0.1) is 0 Å². The number of hydrogen-bond donors (Lipinski definition) is 2. The summed E-state index contributed by atoms with van der Waals surface area (Å²) >= 11 is 3.45. The number of hydrogen-bond acceptors (Lipinski definition) is 4. The number of carbonyl (C=O) groups is 1. The van der Waals surface area contributed by atoms with E-state index in [-0.39, 0.29) is 11.9 Å². The summed E-state index contributed by atoms with van der Waals surface area (Å²) in [5, 5.41) is 11.4. The first-order valence-corrected chi connectivity index (χ1v) is 11.7. The third-order valence-corrected chi connectivity index (χ3v) is 7.36. The molecule has 0 aromatic heterocycles. The molecule has 2 aromatic rings. The predicted molar refractivity (Wildman–Crippen MR) is 113 cm³/mol. The van der Waals surface area contributed by atoms with Crippen molar-refractivity contribution in [1.29, 1.82) is 0 Å². The molecule has 0 radical (unpaired) electrons. The van der Waals surface area contributed by atoms with E-state index in [9.17, 15) is 13.2 Å². The topological polar surface area (TPSA) is 95.9 Å². The fraction of sp³-hybridized carbons (Fsp3) is 0.350. The van der Waals surface area contributed by atoms with Crippen molar-refractivity contribution in [3.63, 3.8) is 0 Å². The van der Waals surface area contributed by atoms with Crippen LogP contribution >= 0.6 is 15.9 Å². The number of sulfonamides is 1. The van der Waals surface area contributed by atoms with Crippen LogP contribution in [0, 0.1) is 0 Å². The summed E-state index contributed by atoms with van der Waals surface area (Å²) in [5.41, 5.74) is 0.616. The molecule has 156 valence electrons. The van der Waals surface area contributed by atoms with Crippen LogP contribution in [0.4, 0.5) is 4.79 Å². The molecule has 1 amide bonds. The lowest BCUT2D eigenvalue weighted by molar-refractivity contribution is 0.134. The second-order valence-electron chi connectivity index (χ2n) is 6.84. The first kappa shape index (κ1) is 21.6. The Balaban J connectivity index is 1.62. The zero-order chi connectivity index (χ0) is 20.9. The second kappa shape index (κ2) is 9.60. The molecular formula is C20H23BrN2O5S. The van der Waals surface area contributed by atoms with Crippen LogP contribution < -0.4 is 10.1 Å². The molecule has 1 saturated heterocycles. The first-order valence-electron chi connectivity index (χ1n) is 9.28. The summed E-state index contributed by atoms with van der Waals surface area (Å²) in [5.74, 6) is 0.419. The molecule has 0 aliphatic carbocycles. The Labute approximate surface area is 178 Å². The van der Waals surface area contributed by atoms with Crippen molar-refractivity contribution in [3.05, 3.63) is 64.6 Å². The minimum Gasteiger partial charge on any atom is -0.489 e. The van der Waals surface area contributed by atoms with Gasteiger partial charge in [0, 0.05) is 13.1 Å². The standard InChI is InChI=1S/C20H23BrN2O5S/c21-17-8-4-5-9-19(17)28-16-10-12-23(13-11-16)29(26,27)14-18(22-20(24)25)15-6-2-1-3-7-15/h1-9,16,18,22H,10-14H2,(H,24,25). The molecule has 0 spiro atoms. The summed E-state index contributed by atoms with van der Waals surface area (Å²) < 4.78 is 34.1. The van der Waals surface area contributed by atoms with Gasteiger partial charge < -0.3 is 15.2 Å². The molecule has 2 aromatic carbocycles. The maximum absolute atomic E-state index is 12.9. The van der Waals surface area contributed by atoms with Gasteiger partial charge in [0.2, 0.25) is 10.0 Å². The van der Waals surface area contributed by atoms with E-state index in [1.54, 1.807) is 30.3 Å². The number of rotatable bonds is 7. The summed E-state index contributed by atoms with van der Waals surface area (Å²) in [4.78, 5) is 11.1. The molecule has 9 heteroatoms. The quantitative estimate of drug-likeness (QED) is 0.627. The van der Waals surface area contributed by atoms with Gasteiger partial charge in [0.05, 0.1) is 16.3 Å². The highest BCUT2D eigenvalue weighted by Gasteiger charge is 2.32. The third kappa shape index (κ3) is 5.94. The van der Waals surface area contributed by atoms with Gasteiger partial charge in [0.1, 0.15) is 11.9 Å². The Hall–Kier alpha value is -2.10. The van der Waals surface area contributed by atoms with Gasteiger partial charge in [-0.3, -0.25) is 0 Å². The Bertz CT molecular complexity index is 931. The summed E-state index contributed by atoms with van der Waals surface area (Å²) in [6.07, 6.45) is -0.178. The Morgan fingerprint density at radius 2 is 1.76 bits per heavy atom. The maximum atomic E-state index is 12.9. The molecular weight excluding hydrogens is 460 g/mol. The minimum atomic E-state index is -3.64. The largest absolute Gasteiger partial charge is 0.489 e. The highest BCUT2D eigenvalue weighted by molar-refractivity contribution is 9.10. The zero-order valence-corrected chi connectivity index (χ0v) is 18.1. The molecule has 0 bridgehead atoms. The van der Waals surface area contributed by atoms with Crippen molar-refractivity contribution < 1.29 is 23.1 Å². The van der Waals surface area contributed by atoms with Crippen LogP contribution in [0.2, 0.25) is 0 Å². The maximum Gasteiger partial charge on any atom is 0.405 e. The molecule has 1 fully saturated rings. The number of piperidine rings is 1. The molecule has 1 atom stereocenters. The first-order chi connectivity index (χ1) is 13.8. The van der Waals surface area contributed by atoms with E-state index in [4.69, 9.17) is 9.84 Å². The number of benzene rings is 2. The Kier molecular flexibility index (Phi) is 7.15. The van der Waals surface area contributed by atoms with Gasteiger partial charge in [-0.05, 0) is 46.5 Å². The van der Waals surface area contributed by atoms with Crippen molar-refractivity contribution in [1.82, 2.24) is 9.62 Å². The van der Waals surface area contributed by atoms with Gasteiger partial charge in [-0.2, -0.15) is 0 Å². The summed E-state index contributed by atoms with van der Waals surface area (Å²) in [6, 6.07) is 15.5. The van der Waals surface area contributed by atoms with E-state index < -0.39 is 22.2 Å². The van der Waals surface area contributed by atoms with Gasteiger partial charge in [-0.25, -0.2) is 17.5 Å². The van der Waals surface area contributed by atoms with Gasteiger partial charge in [-0.1, -0.05) is 42.5 Å². The van der Waals surface area contributed by atoms with Crippen LogP contribution in [0.5, 0.6) is 5.75 Å². The summed E-state index contributed by atoms with van der Waals surface area (Å²) in [6.45, 7) is 0.679. The Morgan fingerprint density at radius 3 is 2.38 bits per heavy atom. The molecule has 2 N–H and O–H groups in total. The Morgan fingerprint density at radius 1 is 1.14 bits per heavy atom. The minimum absolute atomic E-state index is 0.0674. The average molecular weight is 483 g/mol. The average Bonchev–Trinajstić information content (AvgIpc) is 2.70. The predicted octanol–water partition coefficient (Wildman–Crippen LogP) is 3.63. The number of ether oxygens (including phenoxy) is 1. The molecule has 1 aliphatic rings.